The molecule has 0 spiro atoms. The highest BCUT2D eigenvalue weighted by atomic mass is 35.5. The molecule has 26 heavy (non-hydrogen) atoms. The highest BCUT2D eigenvalue weighted by molar-refractivity contribution is 6.13. The van der Waals surface area contributed by atoms with Crippen molar-refractivity contribution in [3.8, 4) is 11.5 Å². The molecule has 1 fully saturated rings. The van der Waals surface area contributed by atoms with Crippen LogP contribution in [0.2, 0.25) is 0 Å². The molecule has 0 bridgehead atoms. The van der Waals surface area contributed by atoms with Crippen LogP contribution in [0.5, 0.6) is 11.5 Å². The Kier molecular flexibility index (Phi) is 5.26. The SMILES string of the molecule is C[C@H]1CC[C@H](NCl)C(C)(C)[C@@H](C)CC[C@@]2(C)c3c(O)cc(O)cc3C[C@H]12. The van der Waals surface area contributed by atoms with Gasteiger partial charge < -0.3 is 10.2 Å². The predicted molar refractivity (Wildman–Crippen MR) is 108 cm³/mol. The average molecular weight is 380 g/mol. The molecule has 0 saturated heterocycles. The van der Waals surface area contributed by atoms with Crippen LogP contribution in [0.3, 0.4) is 0 Å². The molecule has 2 aliphatic carbocycles. The van der Waals surface area contributed by atoms with Gasteiger partial charge in [0, 0.05) is 17.7 Å². The molecule has 0 radical (unpaired) electrons. The van der Waals surface area contributed by atoms with E-state index in [4.69, 9.17) is 11.8 Å². The predicted octanol–water partition coefficient (Wildman–Crippen LogP) is 5.51. The van der Waals surface area contributed by atoms with Crippen LogP contribution in [-0.2, 0) is 11.8 Å². The van der Waals surface area contributed by atoms with Crippen molar-refractivity contribution < 1.29 is 10.2 Å². The molecule has 0 aliphatic heterocycles. The highest BCUT2D eigenvalue weighted by Gasteiger charge is 2.48. The van der Waals surface area contributed by atoms with Gasteiger partial charge in [0.15, 0.2) is 0 Å². The van der Waals surface area contributed by atoms with Crippen LogP contribution in [0.4, 0.5) is 0 Å². The zero-order valence-electron chi connectivity index (χ0n) is 16.8. The van der Waals surface area contributed by atoms with E-state index in [9.17, 15) is 10.2 Å². The highest BCUT2D eigenvalue weighted by Crippen LogP contribution is 2.55. The summed E-state index contributed by atoms with van der Waals surface area (Å²) in [7, 11) is 0. The Morgan fingerprint density at radius 3 is 2.42 bits per heavy atom. The van der Waals surface area contributed by atoms with Crippen molar-refractivity contribution in [1.82, 2.24) is 4.84 Å². The molecule has 0 unspecified atom stereocenters. The fraction of sp³-hybridized carbons (Fsp3) is 0.727. The largest absolute Gasteiger partial charge is 0.508 e. The number of aromatic hydroxyl groups is 2. The molecule has 3 nitrogen and oxygen atoms in total. The van der Waals surface area contributed by atoms with E-state index in [1.807, 2.05) is 6.07 Å². The van der Waals surface area contributed by atoms with E-state index in [0.29, 0.717) is 23.8 Å². The smallest absolute Gasteiger partial charge is 0.123 e. The van der Waals surface area contributed by atoms with Crippen LogP contribution >= 0.6 is 11.8 Å². The first-order chi connectivity index (χ1) is 12.1. The molecule has 1 aromatic carbocycles. The van der Waals surface area contributed by atoms with Crippen LogP contribution in [0, 0.1) is 23.2 Å². The zero-order chi connectivity index (χ0) is 19.3. The quantitative estimate of drug-likeness (QED) is 0.563. The molecule has 146 valence electrons. The second-order valence-corrected chi connectivity index (χ2v) is 9.92. The second kappa shape index (κ2) is 6.91. The first-order valence-electron chi connectivity index (χ1n) is 10.0. The monoisotopic (exact) mass is 379 g/mol. The van der Waals surface area contributed by atoms with Crippen molar-refractivity contribution in [1.29, 1.82) is 0 Å². The van der Waals surface area contributed by atoms with Gasteiger partial charge >= 0.3 is 0 Å². The van der Waals surface area contributed by atoms with Crippen molar-refractivity contribution in [2.24, 2.45) is 23.2 Å². The van der Waals surface area contributed by atoms with Gasteiger partial charge in [-0.05, 0) is 84.1 Å². The molecule has 1 saturated carbocycles. The number of benzene rings is 1. The van der Waals surface area contributed by atoms with Crippen LogP contribution in [-0.4, -0.2) is 16.3 Å². The molecule has 3 N–H and O–H groups in total. The van der Waals surface area contributed by atoms with Gasteiger partial charge in [0.2, 0.25) is 0 Å². The van der Waals surface area contributed by atoms with Crippen LogP contribution < -0.4 is 4.84 Å². The van der Waals surface area contributed by atoms with Crippen molar-refractivity contribution >= 4 is 11.8 Å². The second-order valence-electron chi connectivity index (χ2n) is 9.70. The van der Waals surface area contributed by atoms with Gasteiger partial charge in [0.1, 0.15) is 11.5 Å². The maximum absolute atomic E-state index is 10.7. The van der Waals surface area contributed by atoms with Gasteiger partial charge in [-0.1, -0.05) is 34.6 Å². The normalized spacial score (nSPS) is 37.0. The lowest BCUT2D eigenvalue weighted by Crippen LogP contribution is -2.44. The summed E-state index contributed by atoms with van der Waals surface area (Å²) in [6, 6.07) is 3.67. The molecule has 0 heterocycles. The van der Waals surface area contributed by atoms with Gasteiger partial charge in [-0.25, -0.2) is 4.84 Å². The molecule has 2 aliphatic rings. The maximum atomic E-state index is 10.7. The molecule has 4 heteroatoms. The number of phenols is 2. The molecule has 5 atom stereocenters. The summed E-state index contributed by atoms with van der Waals surface area (Å²) in [5.74, 6) is 1.97. The third-order valence-corrected chi connectivity index (χ3v) is 8.27. The Bertz CT molecular complexity index is 674. The lowest BCUT2D eigenvalue weighted by Gasteiger charge is -2.44. The number of rotatable bonds is 1. The van der Waals surface area contributed by atoms with E-state index in [-0.39, 0.29) is 22.3 Å². The Balaban J connectivity index is 2.02. The Morgan fingerprint density at radius 2 is 1.77 bits per heavy atom. The molecule has 0 amide bonds. The van der Waals surface area contributed by atoms with E-state index >= 15 is 0 Å². The van der Waals surface area contributed by atoms with E-state index in [1.54, 1.807) is 0 Å². The summed E-state index contributed by atoms with van der Waals surface area (Å²) >= 11 is 6.14. The van der Waals surface area contributed by atoms with Crippen LogP contribution in [0.25, 0.3) is 0 Å². The minimum atomic E-state index is -0.0435. The number of phenolic OH excluding ortho intramolecular Hbond substituents is 2. The Hall–Kier alpha value is -0.930. The van der Waals surface area contributed by atoms with Crippen LogP contribution in [0.15, 0.2) is 12.1 Å². The zero-order valence-corrected chi connectivity index (χ0v) is 17.5. The topological polar surface area (TPSA) is 52.5 Å². The minimum Gasteiger partial charge on any atom is -0.508 e. The first-order valence-corrected chi connectivity index (χ1v) is 10.4. The Labute approximate surface area is 163 Å². The minimum absolute atomic E-state index is 0.0435. The van der Waals surface area contributed by atoms with Gasteiger partial charge in [0.25, 0.3) is 0 Å². The number of fused-ring (bicyclic) bond motifs is 3. The van der Waals surface area contributed by atoms with E-state index < -0.39 is 0 Å². The summed E-state index contributed by atoms with van der Waals surface area (Å²) in [5, 5.41) is 20.6. The lowest BCUT2D eigenvalue weighted by atomic mass is 9.62. The standard InChI is InChI=1S/C22H34ClNO2/c1-13-6-7-19(24-23)21(3,4)14(2)8-9-22(5)17(13)11-15-10-16(25)12-18(26)20(15)22/h10,12-14,17,19,24-26H,6-9,11H2,1-5H3/t13-,14-,17+,19-,22+/m0/s1. The summed E-state index contributed by atoms with van der Waals surface area (Å²) in [6.45, 7) is 11.6. The van der Waals surface area contributed by atoms with Crippen molar-refractivity contribution in [3.05, 3.63) is 23.3 Å². The summed E-state index contributed by atoms with van der Waals surface area (Å²) < 4.78 is 0. The van der Waals surface area contributed by atoms with Gasteiger partial charge in [0.05, 0.1) is 0 Å². The molecular weight excluding hydrogens is 346 g/mol. The lowest BCUT2D eigenvalue weighted by molar-refractivity contribution is 0.102. The fourth-order valence-electron chi connectivity index (χ4n) is 5.71. The van der Waals surface area contributed by atoms with Gasteiger partial charge in [-0.15, -0.1) is 0 Å². The number of halogens is 1. The fourth-order valence-corrected chi connectivity index (χ4v) is 6.10. The molecule has 0 aromatic heterocycles. The number of nitrogens with one attached hydrogen (secondary N) is 1. The average Bonchev–Trinajstić information content (AvgIpc) is 2.85. The third kappa shape index (κ3) is 3.11. The maximum Gasteiger partial charge on any atom is 0.123 e. The van der Waals surface area contributed by atoms with Crippen molar-refractivity contribution in [2.75, 3.05) is 0 Å². The van der Waals surface area contributed by atoms with Gasteiger partial charge in [-0.3, -0.25) is 0 Å². The molecular formula is C22H34ClNO2. The first kappa shape index (κ1) is 19.8. The summed E-state index contributed by atoms with van der Waals surface area (Å²) in [6.07, 6.45) is 5.25. The van der Waals surface area contributed by atoms with Crippen molar-refractivity contribution in [2.45, 2.75) is 78.2 Å². The van der Waals surface area contributed by atoms with Crippen LogP contribution in [0.1, 0.15) is 71.4 Å². The molecule has 3 rings (SSSR count). The number of hydrogen-bond donors (Lipinski definition) is 3. The summed E-state index contributed by atoms with van der Waals surface area (Å²) in [5.41, 5.74) is 2.27. The third-order valence-electron chi connectivity index (χ3n) is 8.01. The molecule has 1 aromatic rings. The number of hydrogen-bond acceptors (Lipinski definition) is 3. The Morgan fingerprint density at radius 1 is 1.08 bits per heavy atom. The van der Waals surface area contributed by atoms with E-state index in [0.717, 1.165) is 43.2 Å². The van der Waals surface area contributed by atoms with Crippen molar-refractivity contribution in [3.63, 3.8) is 0 Å². The summed E-state index contributed by atoms with van der Waals surface area (Å²) in [4.78, 5) is 3.06. The van der Waals surface area contributed by atoms with E-state index in [1.165, 1.54) is 6.07 Å². The van der Waals surface area contributed by atoms with E-state index in [2.05, 4.69) is 39.5 Å². The van der Waals surface area contributed by atoms with Gasteiger partial charge in [-0.2, -0.15) is 0 Å².